The van der Waals surface area contributed by atoms with Crippen molar-refractivity contribution in [2.24, 2.45) is 0 Å². The summed E-state index contributed by atoms with van der Waals surface area (Å²) in [7, 11) is 0. The first-order chi connectivity index (χ1) is 13.6. The predicted molar refractivity (Wildman–Crippen MR) is 118 cm³/mol. The maximum absolute atomic E-state index is 10.4. The molecule has 2 atom stereocenters. The molecule has 0 heterocycles. The summed E-state index contributed by atoms with van der Waals surface area (Å²) in [5, 5.41) is 28.4. The number of carboxylic acid groups (broad SMARTS) is 1. The van der Waals surface area contributed by atoms with Gasteiger partial charge in [-0.1, -0.05) is 96.8 Å². The van der Waals surface area contributed by atoms with E-state index < -0.39 is 5.97 Å². The first-order valence-corrected chi connectivity index (χ1v) is 12.1. The van der Waals surface area contributed by atoms with E-state index in [2.05, 4.69) is 6.92 Å². The maximum atomic E-state index is 10.4. The van der Waals surface area contributed by atoms with Gasteiger partial charge in [-0.3, -0.25) is 4.79 Å². The fraction of sp³-hybridized carbons (Fsp3) is 0.958. The maximum Gasteiger partial charge on any atom is 0.303 e. The van der Waals surface area contributed by atoms with Crippen LogP contribution in [0.3, 0.4) is 0 Å². The molecule has 0 spiro atoms. The first kappa shape index (κ1) is 27.4. The molecule has 0 aromatic carbocycles. The number of unbranched alkanes of at least 4 members (excludes halogenated alkanes) is 13. The van der Waals surface area contributed by atoms with Gasteiger partial charge >= 0.3 is 5.97 Å². The SMILES string of the molecule is CCCCC(O)CCC(O)CCCCCCCCCCCCCCCC(=O)O. The molecule has 4 nitrogen and oxygen atoms in total. The lowest BCUT2D eigenvalue weighted by atomic mass is 10.0. The lowest BCUT2D eigenvalue weighted by molar-refractivity contribution is -0.137. The molecule has 0 aliphatic carbocycles. The third kappa shape index (κ3) is 21.7. The van der Waals surface area contributed by atoms with Gasteiger partial charge in [-0.2, -0.15) is 0 Å². The Balaban J connectivity index is 3.19. The number of carboxylic acids is 1. The first-order valence-electron chi connectivity index (χ1n) is 12.1. The molecule has 28 heavy (non-hydrogen) atoms. The largest absolute Gasteiger partial charge is 0.481 e. The fourth-order valence-electron chi connectivity index (χ4n) is 3.71. The summed E-state index contributed by atoms with van der Waals surface area (Å²) in [4.78, 5) is 10.4. The van der Waals surface area contributed by atoms with Crippen molar-refractivity contribution in [1.29, 1.82) is 0 Å². The molecule has 0 aliphatic rings. The van der Waals surface area contributed by atoms with Gasteiger partial charge in [0.05, 0.1) is 12.2 Å². The van der Waals surface area contributed by atoms with Crippen LogP contribution in [-0.2, 0) is 4.79 Å². The van der Waals surface area contributed by atoms with Crippen molar-refractivity contribution in [3.8, 4) is 0 Å². The fourth-order valence-corrected chi connectivity index (χ4v) is 3.71. The normalized spacial score (nSPS) is 13.5. The molecule has 0 radical (unpaired) electrons. The molecule has 0 aromatic heterocycles. The Hall–Kier alpha value is -0.610. The Bertz CT molecular complexity index is 333. The Kier molecular flexibility index (Phi) is 20.6. The Morgan fingerprint density at radius 2 is 0.929 bits per heavy atom. The standard InChI is InChI=1S/C24H48O4/c1-2-3-17-22(25)20-21-23(26)18-15-13-11-9-7-5-4-6-8-10-12-14-16-19-24(27)28/h22-23,25-26H,2-21H2,1H3,(H,27,28). The van der Waals surface area contributed by atoms with E-state index in [1.165, 1.54) is 64.2 Å². The molecule has 4 heteroatoms. The summed E-state index contributed by atoms with van der Waals surface area (Å²) in [6.45, 7) is 2.14. The van der Waals surface area contributed by atoms with Crippen molar-refractivity contribution >= 4 is 5.97 Å². The summed E-state index contributed by atoms with van der Waals surface area (Å²) < 4.78 is 0. The number of hydrogen-bond acceptors (Lipinski definition) is 3. The summed E-state index contributed by atoms with van der Waals surface area (Å²) >= 11 is 0. The van der Waals surface area contributed by atoms with E-state index in [1.807, 2.05) is 0 Å². The van der Waals surface area contributed by atoms with Crippen molar-refractivity contribution in [1.82, 2.24) is 0 Å². The van der Waals surface area contributed by atoms with Gasteiger partial charge in [0.1, 0.15) is 0 Å². The van der Waals surface area contributed by atoms with E-state index in [1.54, 1.807) is 0 Å². The van der Waals surface area contributed by atoms with Crippen LogP contribution in [0, 0.1) is 0 Å². The van der Waals surface area contributed by atoms with E-state index in [0.29, 0.717) is 6.42 Å². The van der Waals surface area contributed by atoms with E-state index >= 15 is 0 Å². The monoisotopic (exact) mass is 400 g/mol. The zero-order valence-electron chi connectivity index (χ0n) is 18.5. The minimum Gasteiger partial charge on any atom is -0.481 e. The van der Waals surface area contributed by atoms with Gasteiger partial charge in [-0.15, -0.1) is 0 Å². The van der Waals surface area contributed by atoms with Gasteiger partial charge in [-0.05, 0) is 32.1 Å². The van der Waals surface area contributed by atoms with E-state index in [9.17, 15) is 15.0 Å². The number of hydrogen-bond donors (Lipinski definition) is 3. The van der Waals surface area contributed by atoms with Crippen molar-refractivity contribution in [3.63, 3.8) is 0 Å². The second kappa shape index (κ2) is 21.1. The van der Waals surface area contributed by atoms with Crippen LogP contribution in [0.2, 0.25) is 0 Å². The molecule has 0 fully saturated rings. The van der Waals surface area contributed by atoms with Crippen molar-refractivity contribution < 1.29 is 20.1 Å². The molecule has 0 saturated heterocycles. The minimum atomic E-state index is -0.672. The van der Waals surface area contributed by atoms with Gasteiger partial charge in [0.2, 0.25) is 0 Å². The molecule has 0 amide bonds. The minimum absolute atomic E-state index is 0.230. The predicted octanol–water partition coefficient (Wildman–Crippen LogP) is 6.61. The highest BCUT2D eigenvalue weighted by molar-refractivity contribution is 5.66. The van der Waals surface area contributed by atoms with Crippen LogP contribution in [0.1, 0.15) is 135 Å². The van der Waals surface area contributed by atoms with E-state index in [0.717, 1.165) is 57.8 Å². The van der Waals surface area contributed by atoms with Crippen LogP contribution in [0.4, 0.5) is 0 Å². The van der Waals surface area contributed by atoms with Crippen LogP contribution in [0.25, 0.3) is 0 Å². The van der Waals surface area contributed by atoms with E-state index in [4.69, 9.17) is 5.11 Å². The number of aliphatic hydroxyl groups excluding tert-OH is 2. The summed E-state index contributed by atoms with van der Waals surface area (Å²) in [6.07, 6.45) is 21.1. The summed E-state index contributed by atoms with van der Waals surface area (Å²) in [5.74, 6) is -0.672. The average Bonchev–Trinajstić information content (AvgIpc) is 2.67. The van der Waals surface area contributed by atoms with Crippen LogP contribution in [0.5, 0.6) is 0 Å². The molecule has 3 N–H and O–H groups in total. The molecule has 0 rings (SSSR count). The van der Waals surface area contributed by atoms with Crippen molar-refractivity contribution in [2.45, 2.75) is 148 Å². The molecule has 0 saturated carbocycles. The van der Waals surface area contributed by atoms with Crippen LogP contribution < -0.4 is 0 Å². The third-order valence-corrected chi connectivity index (χ3v) is 5.65. The molecule has 0 aromatic rings. The average molecular weight is 401 g/mol. The van der Waals surface area contributed by atoms with Crippen LogP contribution >= 0.6 is 0 Å². The van der Waals surface area contributed by atoms with E-state index in [-0.39, 0.29) is 12.2 Å². The molecule has 168 valence electrons. The lowest BCUT2D eigenvalue weighted by Crippen LogP contribution is -2.13. The highest BCUT2D eigenvalue weighted by Crippen LogP contribution is 2.15. The van der Waals surface area contributed by atoms with Gasteiger partial charge in [0.15, 0.2) is 0 Å². The van der Waals surface area contributed by atoms with Crippen molar-refractivity contribution in [2.75, 3.05) is 0 Å². The van der Waals surface area contributed by atoms with Gasteiger partial charge < -0.3 is 15.3 Å². The smallest absolute Gasteiger partial charge is 0.303 e. The highest BCUT2D eigenvalue weighted by Gasteiger charge is 2.08. The second-order valence-electron chi connectivity index (χ2n) is 8.56. The number of aliphatic carboxylic acids is 1. The highest BCUT2D eigenvalue weighted by atomic mass is 16.4. The molecule has 2 unspecified atom stereocenters. The zero-order valence-corrected chi connectivity index (χ0v) is 18.5. The Morgan fingerprint density at radius 1 is 0.571 bits per heavy atom. The summed E-state index contributed by atoms with van der Waals surface area (Å²) in [6, 6.07) is 0. The van der Waals surface area contributed by atoms with Gasteiger partial charge in [0, 0.05) is 6.42 Å². The zero-order chi connectivity index (χ0) is 20.9. The molecule has 0 aliphatic heterocycles. The molecular weight excluding hydrogens is 352 g/mol. The molecule has 0 bridgehead atoms. The summed E-state index contributed by atoms with van der Waals surface area (Å²) in [5.41, 5.74) is 0. The number of aliphatic hydroxyl groups is 2. The quantitative estimate of drug-likeness (QED) is 0.179. The van der Waals surface area contributed by atoms with Crippen LogP contribution in [-0.4, -0.2) is 33.5 Å². The Labute approximate surface area is 174 Å². The van der Waals surface area contributed by atoms with Crippen LogP contribution in [0.15, 0.2) is 0 Å². The number of rotatable bonds is 22. The number of carbonyl (C=O) groups is 1. The lowest BCUT2D eigenvalue weighted by Gasteiger charge is -2.14. The van der Waals surface area contributed by atoms with Gasteiger partial charge in [0.25, 0.3) is 0 Å². The van der Waals surface area contributed by atoms with Crippen molar-refractivity contribution in [3.05, 3.63) is 0 Å². The van der Waals surface area contributed by atoms with Gasteiger partial charge in [-0.25, -0.2) is 0 Å². The topological polar surface area (TPSA) is 77.8 Å². The third-order valence-electron chi connectivity index (χ3n) is 5.65. The Morgan fingerprint density at radius 3 is 1.32 bits per heavy atom. The second-order valence-corrected chi connectivity index (χ2v) is 8.56. The molecular formula is C24H48O4.